The van der Waals surface area contributed by atoms with Crippen LogP contribution in [-0.2, 0) is 42.9 Å². The van der Waals surface area contributed by atoms with E-state index in [1.54, 1.807) is 0 Å². The van der Waals surface area contributed by atoms with E-state index in [-0.39, 0.29) is 21.6 Å². The van der Waals surface area contributed by atoms with Crippen molar-refractivity contribution in [3.8, 4) is 0 Å². The molecule has 2 rings (SSSR count). The van der Waals surface area contributed by atoms with E-state index in [4.69, 9.17) is 23.7 Å². The van der Waals surface area contributed by atoms with Crippen molar-refractivity contribution in [2.45, 2.75) is 57.1 Å². The molecular formula is C20H24O9Se. The van der Waals surface area contributed by atoms with Crippen LogP contribution in [0.15, 0.2) is 30.3 Å². The van der Waals surface area contributed by atoms with Crippen LogP contribution in [0, 0.1) is 0 Å². The van der Waals surface area contributed by atoms with Gasteiger partial charge in [-0.3, -0.25) is 0 Å². The van der Waals surface area contributed by atoms with Crippen LogP contribution in [0.1, 0.15) is 27.7 Å². The first-order valence-corrected chi connectivity index (χ1v) is 11.0. The Hall–Kier alpha value is -2.42. The second kappa shape index (κ2) is 11.1. The summed E-state index contributed by atoms with van der Waals surface area (Å²) in [7, 11) is 0. The zero-order valence-electron chi connectivity index (χ0n) is 17.1. The van der Waals surface area contributed by atoms with Crippen molar-refractivity contribution in [3.05, 3.63) is 30.3 Å². The van der Waals surface area contributed by atoms with Gasteiger partial charge >= 0.3 is 180 Å². The molecule has 1 aliphatic heterocycles. The molecule has 0 aliphatic carbocycles. The average Bonchev–Trinajstić information content (AvgIpc) is 2.64. The fourth-order valence-electron chi connectivity index (χ4n) is 2.92. The molecule has 10 heteroatoms. The maximum atomic E-state index is 11.8. The fourth-order valence-corrected chi connectivity index (χ4v) is 5.28. The third-order valence-corrected chi connectivity index (χ3v) is 6.37. The summed E-state index contributed by atoms with van der Waals surface area (Å²) in [6.07, 6.45) is -4.17. The number of carbonyl (C=O) groups is 4. The van der Waals surface area contributed by atoms with Crippen LogP contribution in [0.25, 0.3) is 0 Å². The van der Waals surface area contributed by atoms with E-state index in [0.717, 1.165) is 4.46 Å². The van der Waals surface area contributed by atoms with Gasteiger partial charge in [-0.2, -0.15) is 0 Å². The Morgan fingerprint density at radius 3 is 1.87 bits per heavy atom. The van der Waals surface area contributed by atoms with E-state index < -0.39 is 53.3 Å². The standard InChI is InChI=1S/C20H24O9Se/c1-11(21)25-10-16-17(26-12(2)22)18(27-13(3)23)19(28-14(4)24)20(29-16)30-15-8-6-5-7-9-15/h5-9,16-20H,10H2,1-4H3/t16-,17+,18+,19-,20+/m1/s1. The second-order valence-corrected chi connectivity index (χ2v) is 8.96. The molecule has 0 amide bonds. The van der Waals surface area contributed by atoms with Crippen LogP contribution < -0.4 is 4.46 Å². The van der Waals surface area contributed by atoms with Gasteiger partial charge < -0.3 is 0 Å². The molecule has 1 aliphatic rings. The van der Waals surface area contributed by atoms with Gasteiger partial charge in [0.1, 0.15) is 0 Å². The minimum absolute atomic E-state index is 0.223. The summed E-state index contributed by atoms with van der Waals surface area (Å²) >= 11 is -0.366. The topological polar surface area (TPSA) is 114 Å². The second-order valence-electron chi connectivity index (χ2n) is 6.50. The Bertz CT molecular complexity index is 767. The zero-order chi connectivity index (χ0) is 22.3. The Morgan fingerprint density at radius 2 is 1.33 bits per heavy atom. The van der Waals surface area contributed by atoms with E-state index >= 15 is 0 Å². The molecule has 5 atom stereocenters. The van der Waals surface area contributed by atoms with E-state index in [2.05, 4.69) is 0 Å². The molecule has 0 N–H and O–H groups in total. The van der Waals surface area contributed by atoms with Crippen LogP contribution in [0.4, 0.5) is 0 Å². The molecule has 1 aromatic rings. The first-order chi connectivity index (χ1) is 14.2. The first-order valence-electron chi connectivity index (χ1n) is 9.19. The Kier molecular flexibility index (Phi) is 8.83. The molecule has 0 spiro atoms. The summed E-state index contributed by atoms with van der Waals surface area (Å²) < 4.78 is 28.3. The molecule has 1 fully saturated rings. The average molecular weight is 487 g/mol. The summed E-state index contributed by atoms with van der Waals surface area (Å²) in [5, 5.41) is -0.680. The number of hydrogen-bond donors (Lipinski definition) is 0. The quantitative estimate of drug-likeness (QED) is 0.300. The molecule has 0 unspecified atom stereocenters. The van der Waals surface area contributed by atoms with Gasteiger partial charge in [-0.1, -0.05) is 0 Å². The Labute approximate surface area is 180 Å². The number of ether oxygens (including phenoxy) is 5. The minimum atomic E-state index is -1.13. The van der Waals surface area contributed by atoms with Gasteiger partial charge in [0.25, 0.3) is 0 Å². The van der Waals surface area contributed by atoms with Crippen LogP contribution in [-0.4, -0.2) is 74.9 Å². The number of hydrogen-bond acceptors (Lipinski definition) is 9. The van der Waals surface area contributed by atoms with Crippen molar-refractivity contribution in [2.24, 2.45) is 0 Å². The van der Waals surface area contributed by atoms with E-state index in [9.17, 15) is 19.2 Å². The van der Waals surface area contributed by atoms with E-state index in [0.29, 0.717) is 0 Å². The van der Waals surface area contributed by atoms with Crippen molar-refractivity contribution in [2.75, 3.05) is 6.61 Å². The van der Waals surface area contributed by atoms with Gasteiger partial charge in [0, 0.05) is 0 Å². The van der Waals surface area contributed by atoms with Crippen molar-refractivity contribution in [1.82, 2.24) is 0 Å². The normalized spacial score (nSPS) is 25.7. The summed E-state index contributed by atoms with van der Waals surface area (Å²) in [5.41, 5.74) is 0. The molecule has 1 heterocycles. The SMILES string of the molecule is CC(=O)OC[C@H]1O[C@@H]([Se]c2ccccc2)[C@H](OC(C)=O)[C@@H](OC(C)=O)[C@H]1OC(C)=O. The van der Waals surface area contributed by atoms with Crippen molar-refractivity contribution >= 4 is 43.3 Å². The summed E-state index contributed by atoms with van der Waals surface area (Å²) in [4.78, 5) is 46.6. The third kappa shape index (κ3) is 7.12. The molecular weight excluding hydrogens is 463 g/mol. The van der Waals surface area contributed by atoms with Gasteiger partial charge in [-0.25, -0.2) is 0 Å². The van der Waals surface area contributed by atoms with Crippen molar-refractivity contribution < 1.29 is 42.9 Å². The first kappa shape index (κ1) is 23.9. The van der Waals surface area contributed by atoms with Gasteiger partial charge in [0.05, 0.1) is 0 Å². The molecule has 0 aromatic heterocycles. The number of benzene rings is 1. The molecule has 0 saturated carbocycles. The van der Waals surface area contributed by atoms with Gasteiger partial charge in [-0.05, 0) is 0 Å². The van der Waals surface area contributed by atoms with Gasteiger partial charge in [0.15, 0.2) is 0 Å². The molecule has 0 radical (unpaired) electrons. The maximum absolute atomic E-state index is 11.8. The fraction of sp³-hybridized carbons (Fsp3) is 0.500. The van der Waals surface area contributed by atoms with Crippen LogP contribution in [0.3, 0.4) is 0 Å². The van der Waals surface area contributed by atoms with Crippen LogP contribution >= 0.6 is 0 Å². The number of carbonyl (C=O) groups excluding carboxylic acids is 4. The summed E-state index contributed by atoms with van der Waals surface area (Å²) in [6, 6.07) is 9.39. The molecule has 164 valence electrons. The predicted octanol–water partition coefficient (Wildman–Crippen LogP) is 0.0992. The molecule has 1 saturated heterocycles. The summed E-state index contributed by atoms with van der Waals surface area (Å²) in [6.45, 7) is 4.63. The molecule has 30 heavy (non-hydrogen) atoms. The van der Waals surface area contributed by atoms with Crippen molar-refractivity contribution in [3.63, 3.8) is 0 Å². The Balaban J connectivity index is 2.42. The number of rotatable bonds is 7. The summed E-state index contributed by atoms with van der Waals surface area (Å²) in [5.74, 6) is -2.44. The monoisotopic (exact) mass is 488 g/mol. The number of esters is 4. The van der Waals surface area contributed by atoms with E-state index in [1.165, 1.54) is 27.7 Å². The predicted molar refractivity (Wildman–Crippen MR) is 104 cm³/mol. The third-order valence-electron chi connectivity index (χ3n) is 3.94. The molecule has 0 bridgehead atoms. The molecule has 1 aromatic carbocycles. The van der Waals surface area contributed by atoms with E-state index in [1.807, 2.05) is 30.3 Å². The van der Waals surface area contributed by atoms with Crippen molar-refractivity contribution in [1.29, 1.82) is 0 Å². The van der Waals surface area contributed by atoms with Crippen LogP contribution in [0.2, 0.25) is 0 Å². The Morgan fingerprint density at radius 1 is 0.800 bits per heavy atom. The molecule has 9 nitrogen and oxygen atoms in total. The van der Waals surface area contributed by atoms with Gasteiger partial charge in [0.2, 0.25) is 0 Å². The van der Waals surface area contributed by atoms with Crippen LogP contribution in [0.5, 0.6) is 0 Å². The van der Waals surface area contributed by atoms with Gasteiger partial charge in [-0.15, -0.1) is 0 Å². The zero-order valence-corrected chi connectivity index (χ0v) is 18.8.